The summed E-state index contributed by atoms with van der Waals surface area (Å²) in [5.41, 5.74) is 7.41. The summed E-state index contributed by atoms with van der Waals surface area (Å²) in [5.74, 6) is 1.31. The molecule has 3 N–H and O–H groups in total. The highest BCUT2D eigenvalue weighted by molar-refractivity contribution is 7.91. The highest BCUT2D eigenvalue weighted by atomic mass is 32.2. The number of fused-ring (bicyclic) bond motifs is 1. The third-order valence-electron chi connectivity index (χ3n) is 9.02. The fourth-order valence-electron chi connectivity index (χ4n) is 5.66. The minimum Gasteiger partial charge on any atom is -0.497 e. The van der Waals surface area contributed by atoms with Gasteiger partial charge in [0, 0.05) is 11.1 Å². The molecular formula is C43H42N4O11S3. The standard InChI is InChI=1S/C26H23N3O6S2.C17H19NO5S/c1-4-37(31,32)19-11-7-17(8-12-19)22(35-18-9-5-16(15-27)6-10-18)25(30)29-26-28-20-13-14-21(33-2)23(34-3)24(20)36-26;1-3-24(20,21)15-10-4-12(5-11-15)16(17(18)19)23-14-8-6-13(22-2)7-9-14/h5-14,22H,4H2,1-3H3,(H,28,29,30);4-11,16H,3H2,1-2H3,(H2,18,19). The van der Waals surface area contributed by atoms with Gasteiger partial charge in [0.05, 0.1) is 59.8 Å². The van der Waals surface area contributed by atoms with Crippen LogP contribution < -0.4 is 34.7 Å². The van der Waals surface area contributed by atoms with Gasteiger partial charge in [0.25, 0.3) is 11.8 Å². The second-order valence-corrected chi connectivity index (χ2v) is 18.4. The van der Waals surface area contributed by atoms with E-state index in [2.05, 4.69) is 10.3 Å². The number of methoxy groups -OCH3 is 3. The molecule has 0 fully saturated rings. The number of hydrogen-bond donors (Lipinski definition) is 2. The summed E-state index contributed by atoms with van der Waals surface area (Å²) < 4.78 is 76.3. The van der Waals surface area contributed by atoms with Gasteiger partial charge >= 0.3 is 0 Å². The first-order valence-corrected chi connectivity index (χ1v) is 22.5. The number of nitrogens with one attached hydrogen (secondary N) is 1. The number of nitrogens with two attached hydrogens (primary N) is 1. The number of rotatable bonds is 16. The van der Waals surface area contributed by atoms with Crippen LogP contribution in [0.2, 0.25) is 0 Å². The number of carbonyl (C=O) groups is 2. The van der Waals surface area contributed by atoms with Crippen LogP contribution in [0.4, 0.5) is 5.13 Å². The minimum atomic E-state index is -3.41. The van der Waals surface area contributed by atoms with Crippen LogP contribution in [-0.2, 0) is 29.3 Å². The van der Waals surface area contributed by atoms with E-state index in [1.54, 1.807) is 93.8 Å². The second-order valence-electron chi connectivity index (χ2n) is 12.8. The van der Waals surface area contributed by atoms with Crippen molar-refractivity contribution < 1.29 is 50.1 Å². The van der Waals surface area contributed by atoms with Crippen molar-refractivity contribution in [1.82, 2.24) is 4.98 Å². The highest BCUT2D eigenvalue weighted by Crippen LogP contribution is 2.40. The molecule has 6 rings (SSSR count). The van der Waals surface area contributed by atoms with Crippen molar-refractivity contribution in [3.8, 4) is 34.8 Å². The van der Waals surface area contributed by atoms with E-state index in [4.69, 9.17) is 34.7 Å². The Morgan fingerprint density at radius 1 is 0.689 bits per heavy atom. The second kappa shape index (κ2) is 20.1. The Morgan fingerprint density at radius 2 is 1.18 bits per heavy atom. The summed E-state index contributed by atoms with van der Waals surface area (Å²) >= 11 is 1.22. The maximum absolute atomic E-state index is 13.4. The van der Waals surface area contributed by atoms with E-state index in [-0.39, 0.29) is 21.3 Å². The van der Waals surface area contributed by atoms with Gasteiger partial charge in [-0.15, -0.1) is 0 Å². The van der Waals surface area contributed by atoms with Crippen molar-refractivity contribution in [2.75, 3.05) is 38.2 Å². The van der Waals surface area contributed by atoms with Crippen LogP contribution in [0.3, 0.4) is 0 Å². The molecular weight excluding hydrogens is 845 g/mol. The van der Waals surface area contributed by atoms with Crippen LogP contribution in [-0.4, -0.2) is 66.5 Å². The quantitative estimate of drug-likeness (QED) is 0.102. The highest BCUT2D eigenvalue weighted by Gasteiger charge is 2.26. The van der Waals surface area contributed by atoms with E-state index >= 15 is 0 Å². The van der Waals surface area contributed by atoms with Crippen LogP contribution in [0.25, 0.3) is 10.2 Å². The molecule has 0 aliphatic heterocycles. The molecule has 0 bridgehead atoms. The Labute approximate surface area is 357 Å². The van der Waals surface area contributed by atoms with Gasteiger partial charge in [-0.3, -0.25) is 14.9 Å². The number of sulfone groups is 2. The van der Waals surface area contributed by atoms with Crippen LogP contribution in [0.15, 0.2) is 119 Å². The predicted octanol–water partition coefficient (Wildman–Crippen LogP) is 6.83. The third-order valence-corrected chi connectivity index (χ3v) is 13.5. The molecule has 0 saturated heterocycles. The first-order chi connectivity index (χ1) is 29.2. The largest absolute Gasteiger partial charge is 0.497 e. The van der Waals surface area contributed by atoms with Crippen molar-refractivity contribution in [2.24, 2.45) is 5.73 Å². The summed E-state index contributed by atoms with van der Waals surface area (Å²) in [6.45, 7) is 3.14. The lowest BCUT2D eigenvalue weighted by molar-refractivity contribution is -0.125. The van der Waals surface area contributed by atoms with Crippen molar-refractivity contribution in [3.05, 3.63) is 126 Å². The molecule has 0 spiro atoms. The van der Waals surface area contributed by atoms with E-state index < -0.39 is 43.7 Å². The molecule has 1 heterocycles. The average Bonchev–Trinajstić information content (AvgIpc) is 3.70. The molecule has 2 unspecified atom stereocenters. The van der Waals surface area contributed by atoms with Crippen molar-refractivity contribution in [3.63, 3.8) is 0 Å². The van der Waals surface area contributed by atoms with Gasteiger partial charge in [0.15, 0.2) is 36.3 Å². The van der Waals surface area contributed by atoms with E-state index in [9.17, 15) is 26.4 Å². The first kappa shape index (κ1) is 45.4. The zero-order valence-corrected chi connectivity index (χ0v) is 36.1. The Balaban J connectivity index is 0.000000254. The monoisotopic (exact) mass is 886 g/mol. The topological polar surface area (TPSA) is 223 Å². The number of ether oxygens (including phenoxy) is 5. The molecule has 1 aromatic heterocycles. The summed E-state index contributed by atoms with van der Waals surface area (Å²) in [7, 11) is -2.09. The summed E-state index contributed by atoms with van der Waals surface area (Å²) in [6, 6.07) is 30.5. The molecule has 6 aromatic rings. The number of nitriles is 1. The molecule has 0 aliphatic carbocycles. The molecule has 5 aromatic carbocycles. The fourth-order valence-corrected chi connectivity index (χ4v) is 8.41. The molecule has 15 nitrogen and oxygen atoms in total. The molecule has 2 amide bonds. The summed E-state index contributed by atoms with van der Waals surface area (Å²) in [4.78, 5) is 30.0. The van der Waals surface area contributed by atoms with Crippen LogP contribution >= 0.6 is 11.3 Å². The van der Waals surface area contributed by atoms with E-state index in [0.29, 0.717) is 60.8 Å². The third kappa shape index (κ3) is 11.1. The fraction of sp³-hybridized carbons (Fsp3) is 0.209. The van der Waals surface area contributed by atoms with Gasteiger partial charge in [-0.25, -0.2) is 21.8 Å². The molecule has 2 atom stereocenters. The van der Waals surface area contributed by atoms with Gasteiger partial charge in [-0.2, -0.15) is 5.26 Å². The first-order valence-electron chi connectivity index (χ1n) is 18.4. The van der Waals surface area contributed by atoms with Gasteiger partial charge in [0.2, 0.25) is 12.2 Å². The van der Waals surface area contributed by atoms with Gasteiger partial charge in [0.1, 0.15) is 21.9 Å². The maximum Gasteiger partial charge on any atom is 0.271 e. The number of nitrogens with zero attached hydrogens (tertiary/aromatic N) is 2. The Hall–Kier alpha value is -6.68. The minimum absolute atomic E-state index is 0.00788. The van der Waals surface area contributed by atoms with Gasteiger partial charge in [-0.05, 0) is 84.9 Å². The molecule has 0 saturated carbocycles. The van der Waals surface area contributed by atoms with Crippen molar-refractivity contribution >= 4 is 58.2 Å². The lowest BCUT2D eigenvalue weighted by Gasteiger charge is -2.19. The lowest BCUT2D eigenvalue weighted by atomic mass is 10.1. The Kier molecular flexibility index (Phi) is 14.9. The van der Waals surface area contributed by atoms with E-state index in [0.717, 1.165) is 0 Å². The summed E-state index contributed by atoms with van der Waals surface area (Å²) in [6.07, 6.45) is -2.15. The lowest BCUT2D eigenvalue weighted by Crippen LogP contribution is -2.26. The molecule has 318 valence electrons. The maximum atomic E-state index is 13.4. The Bertz CT molecular complexity index is 2740. The number of thiazole rings is 1. The van der Waals surface area contributed by atoms with E-state index in [1.165, 1.54) is 62.0 Å². The zero-order chi connectivity index (χ0) is 44.3. The zero-order valence-electron chi connectivity index (χ0n) is 33.6. The van der Waals surface area contributed by atoms with Crippen LogP contribution in [0.1, 0.15) is 42.7 Å². The molecule has 0 radical (unpaired) electrons. The SMILES string of the molecule is CCS(=O)(=O)c1ccc(C(Oc2ccc(C#N)cc2)C(=O)Nc2nc3ccc(OC)c(OC)c3s2)cc1.CCS(=O)(=O)c1ccc(C(Oc2ccc(OC)cc2)C(N)=O)cc1. The number of amides is 2. The number of carbonyl (C=O) groups excluding carboxylic acids is 2. The van der Waals surface area contributed by atoms with Crippen LogP contribution in [0.5, 0.6) is 28.7 Å². The Morgan fingerprint density at radius 3 is 1.64 bits per heavy atom. The number of benzene rings is 5. The van der Waals surface area contributed by atoms with Crippen LogP contribution in [0, 0.1) is 11.3 Å². The number of aromatic nitrogens is 1. The van der Waals surface area contributed by atoms with Gasteiger partial charge in [-0.1, -0.05) is 49.4 Å². The molecule has 61 heavy (non-hydrogen) atoms. The van der Waals surface area contributed by atoms with Gasteiger partial charge < -0.3 is 29.4 Å². The average molecular weight is 887 g/mol. The number of anilines is 1. The van der Waals surface area contributed by atoms with E-state index in [1.807, 2.05) is 6.07 Å². The molecule has 18 heteroatoms. The normalized spacial score (nSPS) is 12.1. The van der Waals surface area contributed by atoms with Crippen molar-refractivity contribution in [2.45, 2.75) is 35.8 Å². The molecule has 0 aliphatic rings. The van der Waals surface area contributed by atoms with Crippen molar-refractivity contribution in [1.29, 1.82) is 5.26 Å². The predicted molar refractivity (Wildman–Crippen MR) is 230 cm³/mol. The smallest absolute Gasteiger partial charge is 0.271 e. The number of hydrogen-bond acceptors (Lipinski definition) is 14. The summed E-state index contributed by atoms with van der Waals surface area (Å²) in [5, 5.41) is 12.2. The number of primary amides is 1.